The second kappa shape index (κ2) is 9.41. The van der Waals surface area contributed by atoms with E-state index in [-0.39, 0.29) is 53.9 Å². The molecule has 0 unspecified atom stereocenters. The van der Waals surface area contributed by atoms with Crippen molar-refractivity contribution in [2.45, 2.75) is 11.8 Å². The van der Waals surface area contributed by atoms with Crippen LogP contribution in [0.3, 0.4) is 0 Å². The average molecular weight is 493 g/mol. The second-order valence-corrected chi connectivity index (χ2v) is 10.1. The van der Waals surface area contributed by atoms with Crippen LogP contribution >= 0.6 is 11.3 Å². The summed E-state index contributed by atoms with van der Waals surface area (Å²) in [4.78, 5) is 30.0. The molecule has 0 spiro atoms. The number of nitrogens with one attached hydrogen (secondary N) is 1. The Bertz CT molecular complexity index is 1290. The average Bonchev–Trinajstić information content (AvgIpc) is 3.23. The molecule has 0 bridgehead atoms. The van der Waals surface area contributed by atoms with Gasteiger partial charge in [-0.15, -0.1) is 0 Å². The number of halogens is 1. The normalized spacial score (nSPS) is 14.9. The van der Waals surface area contributed by atoms with Crippen molar-refractivity contribution in [3.05, 3.63) is 53.8 Å². The number of sulfonamides is 1. The molecular weight excluding hydrogens is 471 g/mol. The molecule has 1 fully saturated rings. The first kappa shape index (κ1) is 23.1. The van der Waals surface area contributed by atoms with E-state index in [2.05, 4.69) is 10.3 Å². The van der Waals surface area contributed by atoms with Crippen LogP contribution in [0.2, 0.25) is 0 Å². The molecule has 4 rings (SSSR count). The van der Waals surface area contributed by atoms with E-state index >= 15 is 0 Å². The molecule has 0 atom stereocenters. The Hall–Kier alpha value is -3.09. The van der Waals surface area contributed by atoms with Crippen LogP contribution in [0.4, 0.5) is 14.3 Å². The molecule has 9 nitrogen and oxygen atoms in total. The van der Waals surface area contributed by atoms with E-state index in [9.17, 15) is 22.4 Å². The number of fused-ring (bicyclic) bond motifs is 1. The van der Waals surface area contributed by atoms with Gasteiger partial charge in [-0.05, 0) is 43.3 Å². The molecule has 0 aliphatic carbocycles. The van der Waals surface area contributed by atoms with E-state index in [4.69, 9.17) is 4.74 Å². The molecule has 33 heavy (non-hydrogen) atoms. The summed E-state index contributed by atoms with van der Waals surface area (Å²) >= 11 is 1.14. The molecule has 1 aliphatic rings. The SMILES string of the molecule is CCOC(=O)N1CCN(S(=O)(=O)c2ccc(C(=O)Nc3nc4c(F)cccc4s3)cc2)CC1. The van der Waals surface area contributed by atoms with Gasteiger partial charge in [0.1, 0.15) is 11.3 Å². The molecule has 2 heterocycles. The van der Waals surface area contributed by atoms with Crippen molar-refractivity contribution in [1.29, 1.82) is 0 Å². The van der Waals surface area contributed by atoms with Gasteiger partial charge in [-0.1, -0.05) is 17.4 Å². The van der Waals surface area contributed by atoms with Crippen molar-refractivity contribution in [1.82, 2.24) is 14.2 Å². The highest BCUT2D eigenvalue weighted by atomic mass is 32.2. The molecule has 1 N–H and O–H groups in total. The van der Waals surface area contributed by atoms with Crippen LogP contribution in [0, 0.1) is 5.82 Å². The zero-order valence-corrected chi connectivity index (χ0v) is 19.3. The molecule has 1 saturated heterocycles. The molecule has 2 aromatic carbocycles. The topological polar surface area (TPSA) is 109 Å². The molecule has 12 heteroatoms. The summed E-state index contributed by atoms with van der Waals surface area (Å²) in [6.07, 6.45) is -0.458. The van der Waals surface area contributed by atoms with Crippen molar-refractivity contribution in [2.24, 2.45) is 0 Å². The Kier molecular flexibility index (Phi) is 6.58. The molecule has 0 radical (unpaired) electrons. The lowest BCUT2D eigenvalue weighted by Gasteiger charge is -2.33. The van der Waals surface area contributed by atoms with Crippen LogP contribution in [0.25, 0.3) is 10.2 Å². The van der Waals surface area contributed by atoms with Crippen LogP contribution < -0.4 is 5.32 Å². The summed E-state index contributed by atoms with van der Waals surface area (Å²) in [5.41, 5.74) is 0.420. The first-order chi connectivity index (χ1) is 15.8. The van der Waals surface area contributed by atoms with Gasteiger partial charge >= 0.3 is 6.09 Å². The van der Waals surface area contributed by atoms with Gasteiger partial charge in [-0.2, -0.15) is 4.31 Å². The van der Waals surface area contributed by atoms with Gasteiger partial charge in [0.05, 0.1) is 16.2 Å². The highest BCUT2D eigenvalue weighted by Gasteiger charge is 2.30. The summed E-state index contributed by atoms with van der Waals surface area (Å²) in [6, 6.07) is 10.1. The molecule has 2 amide bonds. The van der Waals surface area contributed by atoms with E-state index in [1.165, 1.54) is 39.5 Å². The first-order valence-corrected chi connectivity index (χ1v) is 12.4. The van der Waals surface area contributed by atoms with Crippen LogP contribution in [0.1, 0.15) is 17.3 Å². The summed E-state index contributed by atoms with van der Waals surface area (Å²) in [6.45, 7) is 2.74. The molecule has 174 valence electrons. The number of hydrogen-bond donors (Lipinski definition) is 1. The number of aromatic nitrogens is 1. The third-order valence-corrected chi connectivity index (χ3v) is 7.96. The predicted octanol–water partition coefficient (Wildman–Crippen LogP) is 3.15. The third kappa shape index (κ3) is 4.82. The van der Waals surface area contributed by atoms with Crippen molar-refractivity contribution >= 4 is 48.7 Å². The second-order valence-electron chi connectivity index (χ2n) is 7.17. The van der Waals surface area contributed by atoms with Crippen LogP contribution in [-0.4, -0.2) is 67.4 Å². The molecular formula is C21H21FN4O5S2. The monoisotopic (exact) mass is 492 g/mol. The number of hydrogen-bond acceptors (Lipinski definition) is 7. The Morgan fingerprint density at radius 1 is 1.12 bits per heavy atom. The van der Waals surface area contributed by atoms with Gasteiger partial charge in [0.15, 0.2) is 5.13 Å². The zero-order chi connectivity index (χ0) is 23.6. The maximum atomic E-state index is 13.8. The van der Waals surface area contributed by atoms with Gasteiger partial charge in [-0.3, -0.25) is 10.1 Å². The van der Waals surface area contributed by atoms with E-state index < -0.39 is 27.8 Å². The third-order valence-electron chi connectivity index (χ3n) is 5.11. The molecule has 1 aliphatic heterocycles. The fraction of sp³-hybridized carbons (Fsp3) is 0.286. The fourth-order valence-corrected chi connectivity index (χ4v) is 5.69. The smallest absolute Gasteiger partial charge is 0.409 e. The summed E-state index contributed by atoms with van der Waals surface area (Å²) in [7, 11) is -3.78. The van der Waals surface area contributed by atoms with E-state index in [0.29, 0.717) is 4.70 Å². The first-order valence-electron chi connectivity index (χ1n) is 10.2. The standard InChI is InChI=1S/C21H21FN4O5S2/c1-2-31-21(28)25-10-12-26(13-11-25)33(29,30)15-8-6-14(7-9-15)19(27)24-20-23-18-16(22)4-3-5-17(18)32-20/h3-9H,2,10-13H2,1H3,(H,23,24,27). The van der Waals surface area contributed by atoms with Crippen LogP contribution in [0.5, 0.6) is 0 Å². The summed E-state index contributed by atoms with van der Waals surface area (Å²) < 4.78 is 46.5. The predicted molar refractivity (Wildman–Crippen MR) is 121 cm³/mol. The highest BCUT2D eigenvalue weighted by Crippen LogP contribution is 2.28. The highest BCUT2D eigenvalue weighted by molar-refractivity contribution is 7.89. The number of benzene rings is 2. The van der Waals surface area contributed by atoms with Gasteiger partial charge in [0.25, 0.3) is 5.91 Å². The number of carbonyl (C=O) groups excluding carboxylic acids is 2. The number of amides is 2. The van der Waals surface area contributed by atoms with Crippen molar-refractivity contribution < 1.29 is 27.1 Å². The number of thiazole rings is 1. The number of rotatable bonds is 5. The number of piperazine rings is 1. The van der Waals surface area contributed by atoms with Crippen LogP contribution in [0.15, 0.2) is 47.4 Å². The quantitative estimate of drug-likeness (QED) is 0.586. The van der Waals surface area contributed by atoms with E-state index in [0.717, 1.165) is 11.3 Å². The van der Waals surface area contributed by atoms with E-state index in [1.54, 1.807) is 19.1 Å². The maximum Gasteiger partial charge on any atom is 0.409 e. The number of para-hydroxylation sites is 1. The van der Waals surface area contributed by atoms with Crippen molar-refractivity contribution in [3.63, 3.8) is 0 Å². The zero-order valence-electron chi connectivity index (χ0n) is 17.7. The Morgan fingerprint density at radius 3 is 2.45 bits per heavy atom. The van der Waals surface area contributed by atoms with E-state index in [1.807, 2.05) is 0 Å². The Morgan fingerprint density at radius 2 is 1.82 bits per heavy atom. The van der Waals surface area contributed by atoms with Crippen LogP contribution in [-0.2, 0) is 14.8 Å². The number of anilines is 1. The Labute approximate surface area is 193 Å². The van der Waals surface area contributed by atoms with Crippen molar-refractivity contribution in [2.75, 3.05) is 38.1 Å². The fourth-order valence-electron chi connectivity index (χ4n) is 3.39. The number of carbonyl (C=O) groups is 2. The summed E-state index contributed by atoms with van der Waals surface area (Å²) in [5, 5.41) is 2.86. The minimum absolute atomic E-state index is 0.0469. The van der Waals surface area contributed by atoms with Gasteiger partial charge in [-0.25, -0.2) is 22.6 Å². The van der Waals surface area contributed by atoms with Crippen molar-refractivity contribution in [3.8, 4) is 0 Å². The minimum atomic E-state index is -3.78. The largest absolute Gasteiger partial charge is 0.450 e. The lowest BCUT2D eigenvalue weighted by atomic mass is 10.2. The molecule has 0 saturated carbocycles. The van der Waals surface area contributed by atoms with Gasteiger partial charge in [0.2, 0.25) is 10.0 Å². The maximum absolute atomic E-state index is 13.8. The number of nitrogens with zero attached hydrogens (tertiary/aromatic N) is 3. The minimum Gasteiger partial charge on any atom is -0.450 e. The van der Waals surface area contributed by atoms with Gasteiger partial charge in [0, 0.05) is 31.7 Å². The number of ether oxygens (including phenoxy) is 1. The lowest BCUT2D eigenvalue weighted by Crippen LogP contribution is -2.50. The lowest BCUT2D eigenvalue weighted by molar-refractivity contribution is 0.0933. The summed E-state index contributed by atoms with van der Waals surface area (Å²) in [5.74, 6) is -0.955. The Balaban J connectivity index is 1.42. The van der Waals surface area contributed by atoms with Gasteiger partial charge < -0.3 is 9.64 Å². The molecule has 3 aromatic rings. The molecule has 1 aromatic heterocycles.